The highest BCUT2D eigenvalue weighted by molar-refractivity contribution is 8.14. The molecule has 2 rings (SSSR count). The summed E-state index contributed by atoms with van der Waals surface area (Å²) < 4.78 is 0. The van der Waals surface area contributed by atoms with Gasteiger partial charge < -0.3 is 10.6 Å². The minimum atomic E-state index is 0.133. The predicted molar refractivity (Wildman–Crippen MR) is 67.8 cm³/mol. The molecule has 0 spiro atoms. The molecule has 16 heavy (non-hydrogen) atoms. The lowest BCUT2D eigenvalue weighted by Gasteiger charge is -2.15. The van der Waals surface area contributed by atoms with E-state index in [4.69, 9.17) is 0 Å². The number of amidine groups is 1. The van der Waals surface area contributed by atoms with Crippen molar-refractivity contribution in [3.8, 4) is 0 Å². The van der Waals surface area contributed by atoms with Gasteiger partial charge in [-0.2, -0.15) is 0 Å². The molecule has 1 aliphatic heterocycles. The van der Waals surface area contributed by atoms with Crippen LogP contribution in [0.4, 0.5) is 0 Å². The van der Waals surface area contributed by atoms with Crippen LogP contribution in [0.5, 0.6) is 0 Å². The van der Waals surface area contributed by atoms with Gasteiger partial charge in [0.15, 0.2) is 5.17 Å². The van der Waals surface area contributed by atoms with Crippen LogP contribution in [0, 0.1) is 0 Å². The van der Waals surface area contributed by atoms with Gasteiger partial charge in [-0.25, -0.2) is 0 Å². The second kappa shape index (κ2) is 4.65. The Labute approximate surface area is 101 Å². The SMILES string of the molecule is CC1(C)CSC(=NCCC(=O)NC2CC2)N1. The molecule has 1 aliphatic carbocycles. The molecule has 2 fully saturated rings. The number of hydrogen-bond donors (Lipinski definition) is 2. The van der Waals surface area contributed by atoms with Crippen molar-refractivity contribution in [2.75, 3.05) is 12.3 Å². The first-order chi connectivity index (χ1) is 7.55. The molecule has 0 radical (unpaired) electrons. The van der Waals surface area contributed by atoms with E-state index in [0.717, 1.165) is 23.8 Å². The summed E-state index contributed by atoms with van der Waals surface area (Å²) in [5.41, 5.74) is 0.139. The number of rotatable bonds is 4. The molecule has 1 saturated carbocycles. The van der Waals surface area contributed by atoms with Crippen LogP contribution >= 0.6 is 11.8 Å². The largest absolute Gasteiger partial charge is 0.359 e. The molecular weight excluding hydrogens is 222 g/mol. The second-order valence-corrected chi connectivity index (χ2v) is 6.04. The van der Waals surface area contributed by atoms with Crippen LogP contribution in [0.1, 0.15) is 33.1 Å². The second-order valence-electron chi connectivity index (χ2n) is 5.08. The highest BCUT2D eigenvalue weighted by Crippen LogP contribution is 2.22. The molecule has 2 aliphatic rings. The van der Waals surface area contributed by atoms with Crippen LogP contribution in [0.2, 0.25) is 0 Å². The predicted octanol–water partition coefficient (Wildman–Crippen LogP) is 1.13. The van der Waals surface area contributed by atoms with Crippen LogP contribution in [0.15, 0.2) is 4.99 Å². The zero-order chi connectivity index (χ0) is 11.6. The molecule has 4 nitrogen and oxygen atoms in total. The van der Waals surface area contributed by atoms with E-state index < -0.39 is 0 Å². The van der Waals surface area contributed by atoms with Gasteiger partial charge in [-0.15, -0.1) is 0 Å². The van der Waals surface area contributed by atoms with E-state index >= 15 is 0 Å². The highest BCUT2D eigenvalue weighted by atomic mass is 32.2. The monoisotopic (exact) mass is 241 g/mol. The van der Waals surface area contributed by atoms with E-state index in [0.29, 0.717) is 19.0 Å². The number of carbonyl (C=O) groups is 1. The smallest absolute Gasteiger partial charge is 0.222 e. The van der Waals surface area contributed by atoms with Crippen molar-refractivity contribution in [2.24, 2.45) is 4.99 Å². The van der Waals surface area contributed by atoms with E-state index in [1.54, 1.807) is 11.8 Å². The molecule has 1 amide bonds. The summed E-state index contributed by atoms with van der Waals surface area (Å²) in [5.74, 6) is 1.18. The molecule has 0 unspecified atom stereocenters. The molecule has 1 saturated heterocycles. The van der Waals surface area contributed by atoms with Crippen LogP contribution in [0.3, 0.4) is 0 Å². The van der Waals surface area contributed by atoms with Gasteiger partial charge >= 0.3 is 0 Å². The van der Waals surface area contributed by atoms with Gasteiger partial charge in [0, 0.05) is 23.8 Å². The average Bonchev–Trinajstić information content (AvgIpc) is 2.91. The topological polar surface area (TPSA) is 53.5 Å². The van der Waals surface area contributed by atoms with Gasteiger partial charge in [-0.05, 0) is 26.7 Å². The number of amides is 1. The van der Waals surface area contributed by atoms with Gasteiger partial charge in [0.2, 0.25) is 5.91 Å². The number of nitrogens with one attached hydrogen (secondary N) is 2. The third-order valence-electron chi connectivity index (χ3n) is 2.55. The summed E-state index contributed by atoms with van der Waals surface area (Å²) in [6.45, 7) is 4.90. The molecule has 5 heteroatoms. The number of carbonyl (C=O) groups excluding carboxylic acids is 1. The molecule has 0 aromatic heterocycles. The Bertz CT molecular complexity index is 310. The van der Waals surface area contributed by atoms with Crippen molar-refractivity contribution >= 4 is 22.8 Å². The molecule has 90 valence electrons. The van der Waals surface area contributed by atoms with Gasteiger partial charge in [0.25, 0.3) is 0 Å². The molecule has 1 heterocycles. The van der Waals surface area contributed by atoms with Crippen LogP contribution in [-0.4, -0.2) is 35.0 Å². The standard InChI is InChI=1S/C11H19N3OS/c1-11(2)7-16-10(14-11)12-6-5-9(15)13-8-3-4-8/h8H,3-7H2,1-2H3,(H,12,14)(H,13,15). The highest BCUT2D eigenvalue weighted by Gasteiger charge is 2.27. The van der Waals surface area contributed by atoms with E-state index in [1.165, 1.54) is 0 Å². The van der Waals surface area contributed by atoms with E-state index in [9.17, 15) is 4.79 Å². The van der Waals surface area contributed by atoms with Crippen molar-refractivity contribution in [2.45, 2.75) is 44.7 Å². The minimum absolute atomic E-state index is 0.133. The van der Waals surface area contributed by atoms with Crippen LogP contribution in [-0.2, 0) is 4.79 Å². The van der Waals surface area contributed by atoms with E-state index in [2.05, 4.69) is 29.5 Å². The fourth-order valence-electron chi connectivity index (χ4n) is 1.48. The van der Waals surface area contributed by atoms with E-state index in [-0.39, 0.29) is 11.4 Å². The van der Waals surface area contributed by atoms with Crippen molar-refractivity contribution in [1.29, 1.82) is 0 Å². The van der Waals surface area contributed by atoms with Gasteiger partial charge in [0.1, 0.15) is 0 Å². The normalized spacial score (nSPS) is 25.5. The quantitative estimate of drug-likeness (QED) is 0.775. The van der Waals surface area contributed by atoms with Gasteiger partial charge in [-0.1, -0.05) is 11.8 Å². The summed E-state index contributed by atoms with van der Waals surface area (Å²) in [7, 11) is 0. The minimum Gasteiger partial charge on any atom is -0.359 e. The molecule has 0 aromatic carbocycles. The lowest BCUT2D eigenvalue weighted by atomic mass is 10.1. The third kappa shape index (κ3) is 3.70. The fraction of sp³-hybridized carbons (Fsp3) is 0.818. The number of aliphatic imine (C=N–C) groups is 1. The first-order valence-corrected chi connectivity index (χ1v) is 6.78. The number of hydrogen-bond acceptors (Lipinski definition) is 3. The summed E-state index contributed by atoms with van der Waals surface area (Å²) in [6.07, 6.45) is 2.79. The maximum Gasteiger partial charge on any atom is 0.222 e. The number of nitrogens with zero attached hydrogens (tertiary/aromatic N) is 1. The summed E-state index contributed by atoms with van der Waals surface area (Å²) in [4.78, 5) is 15.8. The van der Waals surface area contributed by atoms with Crippen molar-refractivity contribution in [1.82, 2.24) is 10.6 Å². The maximum absolute atomic E-state index is 11.4. The summed E-state index contributed by atoms with van der Waals surface area (Å²) in [6, 6.07) is 0.457. The van der Waals surface area contributed by atoms with Crippen LogP contribution in [0.25, 0.3) is 0 Å². The molecule has 0 aromatic rings. The number of thioether (sulfide) groups is 1. The van der Waals surface area contributed by atoms with Gasteiger partial charge in [0.05, 0.1) is 6.54 Å². The molecular formula is C11H19N3OS. The Kier molecular flexibility index (Phi) is 3.42. The lowest BCUT2D eigenvalue weighted by molar-refractivity contribution is -0.121. The Morgan fingerprint density at radius 2 is 2.38 bits per heavy atom. The van der Waals surface area contributed by atoms with Crippen molar-refractivity contribution < 1.29 is 4.79 Å². The Hall–Kier alpha value is -0.710. The molecule has 0 atom stereocenters. The maximum atomic E-state index is 11.4. The summed E-state index contributed by atoms with van der Waals surface area (Å²) in [5, 5.41) is 7.27. The lowest BCUT2D eigenvalue weighted by Crippen LogP contribution is -2.37. The van der Waals surface area contributed by atoms with Crippen molar-refractivity contribution in [3.05, 3.63) is 0 Å². The summed E-state index contributed by atoms with van der Waals surface area (Å²) >= 11 is 1.73. The average molecular weight is 241 g/mol. The van der Waals surface area contributed by atoms with Crippen molar-refractivity contribution in [3.63, 3.8) is 0 Å². The Morgan fingerprint density at radius 3 is 2.94 bits per heavy atom. The fourth-order valence-corrected chi connectivity index (χ4v) is 2.58. The molecule has 2 N–H and O–H groups in total. The van der Waals surface area contributed by atoms with Crippen LogP contribution < -0.4 is 10.6 Å². The third-order valence-corrected chi connectivity index (χ3v) is 3.92. The first kappa shape index (κ1) is 11.8. The first-order valence-electron chi connectivity index (χ1n) is 5.80. The Morgan fingerprint density at radius 1 is 1.62 bits per heavy atom. The zero-order valence-electron chi connectivity index (χ0n) is 9.88. The zero-order valence-corrected chi connectivity index (χ0v) is 10.7. The Balaban J connectivity index is 1.66. The van der Waals surface area contributed by atoms with E-state index in [1.807, 2.05) is 0 Å². The van der Waals surface area contributed by atoms with Gasteiger partial charge in [-0.3, -0.25) is 9.79 Å². The molecule has 0 bridgehead atoms.